The van der Waals surface area contributed by atoms with Crippen LogP contribution in [0.3, 0.4) is 0 Å². The lowest BCUT2D eigenvalue weighted by molar-refractivity contribution is 0.392. The minimum atomic E-state index is -2.92. The van der Waals surface area contributed by atoms with Crippen LogP contribution in [0.5, 0.6) is 0 Å². The molecule has 0 saturated carbocycles. The van der Waals surface area contributed by atoms with Gasteiger partial charge in [0.05, 0.1) is 11.5 Å². The molecule has 0 bridgehead atoms. The number of halogens is 3. The molecule has 1 fully saturated rings. The largest absolute Gasteiger partial charge is 0.229 e. The number of alkyl halides is 1. The van der Waals surface area contributed by atoms with Crippen LogP contribution in [0.25, 0.3) is 0 Å². The lowest BCUT2D eigenvalue weighted by Crippen LogP contribution is -2.20. The fourth-order valence-electron chi connectivity index (χ4n) is 2.52. The summed E-state index contributed by atoms with van der Waals surface area (Å²) in [7, 11) is -2.92. The Morgan fingerprint density at radius 1 is 1.47 bits per heavy atom. The summed E-state index contributed by atoms with van der Waals surface area (Å²) in [5, 5.41) is 0. The molecule has 106 valence electrons. The van der Waals surface area contributed by atoms with Crippen molar-refractivity contribution in [3.63, 3.8) is 0 Å². The molecule has 0 N–H and O–H groups in total. The highest BCUT2D eigenvalue weighted by Crippen LogP contribution is 2.30. The van der Waals surface area contributed by atoms with Gasteiger partial charge in [-0.25, -0.2) is 12.8 Å². The van der Waals surface area contributed by atoms with Crippen molar-refractivity contribution >= 4 is 37.4 Å². The van der Waals surface area contributed by atoms with E-state index in [0.29, 0.717) is 24.3 Å². The van der Waals surface area contributed by atoms with Gasteiger partial charge in [-0.2, -0.15) is 0 Å². The standard InChI is InChI=1S/C13H15BrClFO2S/c14-12-1-2-13(16)10(6-12)5-11(7-15)9-3-4-19(17,18)8-9/h1-2,6,9,11H,3-5,7-8H2. The van der Waals surface area contributed by atoms with Crippen LogP contribution < -0.4 is 0 Å². The minimum absolute atomic E-state index is 0.00254. The molecule has 0 amide bonds. The molecule has 1 saturated heterocycles. The highest BCUT2D eigenvalue weighted by atomic mass is 79.9. The Hall–Kier alpha value is -0.130. The fraction of sp³-hybridized carbons (Fsp3) is 0.538. The molecule has 0 aromatic heterocycles. The second kappa shape index (κ2) is 6.10. The third-order valence-corrected chi connectivity index (χ3v) is 6.31. The van der Waals surface area contributed by atoms with E-state index in [1.165, 1.54) is 6.07 Å². The normalized spacial score (nSPS) is 23.4. The Labute approximate surface area is 126 Å². The SMILES string of the molecule is O=S1(=O)CCC(C(CCl)Cc2cc(Br)ccc2F)C1. The minimum Gasteiger partial charge on any atom is -0.229 e. The van der Waals surface area contributed by atoms with Crippen LogP contribution in [-0.4, -0.2) is 25.8 Å². The lowest BCUT2D eigenvalue weighted by atomic mass is 9.88. The third kappa shape index (κ3) is 3.92. The average Bonchev–Trinajstić information content (AvgIpc) is 2.70. The summed E-state index contributed by atoms with van der Waals surface area (Å²) < 4.78 is 37.6. The highest BCUT2D eigenvalue weighted by molar-refractivity contribution is 9.10. The van der Waals surface area contributed by atoms with Gasteiger partial charge in [0.2, 0.25) is 0 Å². The number of hydrogen-bond acceptors (Lipinski definition) is 2. The predicted molar refractivity (Wildman–Crippen MR) is 78.8 cm³/mol. The van der Waals surface area contributed by atoms with Gasteiger partial charge in [0.1, 0.15) is 5.82 Å². The first-order valence-electron chi connectivity index (χ1n) is 6.11. The van der Waals surface area contributed by atoms with Crippen molar-refractivity contribution in [1.82, 2.24) is 0 Å². The number of rotatable bonds is 4. The zero-order valence-electron chi connectivity index (χ0n) is 10.3. The molecular weight excluding hydrogens is 355 g/mol. The van der Waals surface area contributed by atoms with E-state index in [9.17, 15) is 12.8 Å². The Morgan fingerprint density at radius 3 is 2.79 bits per heavy atom. The molecule has 1 aromatic rings. The van der Waals surface area contributed by atoms with E-state index < -0.39 is 9.84 Å². The van der Waals surface area contributed by atoms with Crippen molar-refractivity contribution in [3.05, 3.63) is 34.1 Å². The summed E-state index contributed by atoms with van der Waals surface area (Å²) in [6, 6.07) is 4.79. The zero-order chi connectivity index (χ0) is 14.0. The molecule has 0 spiro atoms. The van der Waals surface area contributed by atoms with E-state index in [1.54, 1.807) is 12.1 Å². The van der Waals surface area contributed by atoms with Crippen LogP contribution in [0.1, 0.15) is 12.0 Å². The van der Waals surface area contributed by atoms with E-state index in [-0.39, 0.29) is 29.2 Å². The van der Waals surface area contributed by atoms with E-state index in [4.69, 9.17) is 11.6 Å². The highest BCUT2D eigenvalue weighted by Gasteiger charge is 2.33. The topological polar surface area (TPSA) is 34.1 Å². The first-order chi connectivity index (χ1) is 8.91. The first kappa shape index (κ1) is 15.3. The molecule has 1 aliphatic rings. The van der Waals surface area contributed by atoms with Crippen LogP contribution in [-0.2, 0) is 16.3 Å². The van der Waals surface area contributed by atoms with Crippen molar-refractivity contribution in [2.75, 3.05) is 17.4 Å². The van der Waals surface area contributed by atoms with Gasteiger partial charge in [-0.3, -0.25) is 0 Å². The maximum Gasteiger partial charge on any atom is 0.150 e. The molecule has 1 aromatic carbocycles. The van der Waals surface area contributed by atoms with Crippen LogP contribution in [0.15, 0.2) is 22.7 Å². The van der Waals surface area contributed by atoms with Gasteiger partial charge in [0.25, 0.3) is 0 Å². The van der Waals surface area contributed by atoms with E-state index >= 15 is 0 Å². The molecule has 2 unspecified atom stereocenters. The predicted octanol–water partition coefficient (Wildman–Crippen LogP) is 3.42. The molecule has 0 radical (unpaired) electrons. The third-order valence-electron chi connectivity index (χ3n) is 3.62. The summed E-state index contributed by atoms with van der Waals surface area (Å²) in [4.78, 5) is 0. The van der Waals surface area contributed by atoms with Crippen molar-refractivity contribution in [3.8, 4) is 0 Å². The Balaban J connectivity index is 2.13. The number of sulfone groups is 1. The van der Waals surface area contributed by atoms with Gasteiger partial charge < -0.3 is 0 Å². The number of hydrogen-bond donors (Lipinski definition) is 0. The molecule has 2 rings (SSSR count). The Morgan fingerprint density at radius 2 is 2.21 bits per heavy atom. The molecule has 1 heterocycles. The van der Waals surface area contributed by atoms with E-state index in [1.807, 2.05) is 0 Å². The molecular formula is C13H15BrClFO2S. The van der Waals surface area contributed by atoms with Gasteiger partial charge in [-0.05, 0) is 48.4 Å². The fourth-order valence-corrected chi connectivity index (χ4v) is 5.21. The molecule has 0 aliphatic carbocycles. The Kier molecular flexibility index (Phi) is 4.90. The quantitative estimate of drug-likeness (QED) is 0.762. The van der Waals surface area contributed by atoms with Crippen LogP contribution >= 0.6 is 27.5 Å². The zero-order valence-corrected chi connectivity index (χ0v) is 13.4. The summed E-state index contributed by atoms with van der Waals surface area (Å²) in [5.74, 6) is 0.542. The second-order valence-corrected chi connectivity index (χ2v) is 8.47. The van der Waals surface area contributed by atoms with Gasteiger partial charge in [-0.15, -0.1) is 11.6 Å². The van der Waals surface area contributed by atoms with E-state index in [2.05, 4.69) is 15.9 Å². The summed E-state index contributed by atoms with van der Waals surface area (Å²) in [5.41, 5.74) is 0.587. The summed E-state index contributed by atoms with van der Waals surface area (Å²) >= 11 is 9.27. The second-order valence-electron chi connectivity index (χ2n) is 5.02. The van der Waals surface area contributed by atoms with Crippen molar-refractivity contribution < 1.29 is 12.8 Å². The van der Waals surface area contributed by atoms with Crippen molar-refractivity contribution in [2.24, 2.45) is 11.8 Å². The lowest BCUT2D eigenvalue weighted by Gasteiger charge is -2.20. The monoisotopic (exact) mass is 368 g/mol. The maximum absolute atomic E-state index is 13.7. The summed E-state index contributed by atoms with van der Waals surface area (Å²) in [6.45, 7) is 0. The smallest absolute Gasteiger partial charge is 0.150 e. The van der Waals surface area contributed by atoms with Crippen LogP contribution in [0, 0.1) is 17.7 Å². The van der Waals surface area contributed by atoms with Crippen molar-refractivity contribution in [1.29, 1.82) is 0 Å². The molecule has 2 atom stereocenters. The number of benzene rings is 1. The van der Waals surface area contributed by atoms with Crippen molar-refractivity contribution in [2.45, 2.75) is 12.8 Å². The van der Waals surface area contributed by atoms with E-state index in [0.717, 1.165) is 4.47 Å². The molecule has 6 heteroatoms. The molecule has 19 heavy (non-hydrogen) atoms. The summed E-state index contributed by atoms with van der Waals surface area (Å²) in [6.07, 6.45) is 1.12. The Bertz CT molecular complexity index is 562. The molecule has 1 aliphatic heterocycles. The van der Waals surface area contributed by atoms with Gasteiger partial charge >= 0.3 is 0 Å². The first-order valence-corrected chi connectivity index (χ1v) is 9.26. The van der Waals surface area contributed by atoms with Gasteiger partial charge in [0.15, 0.2) is 9.84 Å². The van der Waals surface area contributed by atoms with Crippen LogP contribution in [0.2, 0.25) is 0 Å². The van der Waals surface area contributed by atoms with Gasteiger partial charge in [-0.1, -0.05) is 15.9 Å². The van der Waals surface area contributed by atoms with Crippen LogP contribution in [0.4, 0.5) is 4.39 Å². The average molecular weight is 370 g/mol. The molecule has 2 nitrogen and oxygen atoms in total. The van der Waals surface area contributed by atoms with Gasteiger partial charge in [0, 0.05) is 10.4 Å². The maximum atomic E-state index is 13.7.